The number of rotatable bonds is 6. The predicted molar refractivity (Wildman–Crippen MR) is 108 cm³/mol. The number of piperidine rings is 1. The van der Waals surface area contributed by atoms with Crippen molar-refractivity contribution in [2.45, 2.75) is 38.6 Å². The molecule has 2 heterocycles. The first kappa shape index (κ1) is 19.6. The molecule has 0 bridgehead atoms. The van der Waals surface area contributed by atoms with Crippen molar-refractivity contribution in [2.24, 2.45) is 5.92 Å². The zero-order valence-electron chi connectivity index (χ0n) is 16.3. The van der Waals surface area contributed by atoms with Gasteiger partial charge in [-0.05, 0) is 50.4 Å². The van der Waals surface area contributed by atoms with Gasteiger partial charge in [-0.25, -0.2) is 0 Å². The van der Waals surface area contributed by atoms with Gasteiger partial charge in [0, 0.05) is 37.7 Å². The number of likely N-dealkylation sites (N-methyl/N-ethyl adjacent to an activating group) is 1. The molecule has 0 aromatic heterocycles. The minimum atomic E-state index is 0.0299. The molecule has 1 N–H and O–H groups in total. The van der Waals surface area contributed by atoms with Crippen LogP contribution in [-0.2, 0) is 9.59 Å². The summed E-state index contributed by atoms with van der Waals surface area (Å²) in [5.41, 5.74) is 1.02. The first-order valence-electron chi connectivity index (χ1n) is 10.2. The van der Waals surface area contributed by atoms with Crippen LogP contribution in [0.15, 0.2) is 36.4 Å². The highest BCUT2D eigenvalue weighted by molar-refractivity contribution is 5.92. The van der Waals surface area contributed by atoms with Crippen molar-refractivity contribution in [3.63, 3.8) is 0 Å². The van der Waals surface area contributed by atoms with E-state index in [2.05, 4.69) is 17.1 Å². The lowest BCUT2D eigenvalue weighted by Gasteiger charge is -2.31. The van der Waals surface area contributed by atoms with Crippen molar-refractivity contribution >= 4 is 17.9 Å². The summed E-state index contributed by atoms with van der Waals surface area (Å²) < 4.78 is 0. The maximum absolute atomic E-state index is 12.5. The zero-order valence-corrected chi connectivity index (χ0v) is 16.3. The molecule has 2 fully saturated rings. The van der Waals surface area contributed by atoms with E-state index < -0.39 is 0 Å². The molecule has 0 radical (unpaired) electrons. The molecule has 1 aromatic rings. The topological polar surface area (TPSA) is 52.7 Å². The van der Waals surface area contributed by atoms with E-state index in [0.29, 0.717) is 19.1 Å². The Labute approximate surface area is 162 Å². The van der Waals surface area contributed by atoms with Gasteiger partial charge in [0.1, 0.15) is 0 Å². The number of amides is 2. The summed E-state index contributed by atoms with van der Waals surface area (Å²) >= 11 is 0. The van der Waals surface area contributed by atoms with Crippen LogP contribution in [0.5, 0.6) is 0 Å². The Morgan fingerprint density at radius 2 is 1.85 bits per heavy atom. The summed E-state index contributed by atoms with van der Waals surface area (Å²) in [7, 11) is 0. The number of hydrogen-bond acceptors (Lipinski definition) is 3. The van der Waals surface area contributed by atoms with Crippen LogP contribution in [0.2, 0.25) is 0 Å². The van der Waals surface area contributed by atoms with E-state index in [0.717, 1.165) is 38.0 Å². The van der Waals surface area contributed by atoms with Crippen molar-refractivity contribution in [1.29, 1.82) is 0 Å². The van der Waals surface area contributed by atoms with Gasteiger partial charge in [-0.2, -0.15) is 0 Å². The standard InChI is InChI=1S/C22H31N3O2/c1-2-24-14-6-9-20(24)17-23-22(27)19-12-15-25(16-13-19)21(26)11-10-18-7-4-3-5-8-18/h3-5,7-8,10-11,19-20H,2,6,9,12-17H2,1H3,(H,23,27)/b11-10+. The van der Waals surface area contributed by atoms with Crippen LogP contribution in [0.3, 0.4) is 0 Å². The van der Waals surface area contributed by atoms with Gasteiger partial charge in [0.2, 0.25) is 11.8 Å². The third-order valence-corrected chi connectivity index (χ3v) is 5.81. The van der Waals surface area contributed by atoms with Crippen molar-refractivity contribution < 1.29 is 9.59 Å². The fourth-order valence-electron chi connectivity index (χ4n) is 4.10. The fraction of sp³-hybridized carbons (Fsp3) is 0.545. The maximum Gasteiger partial charge on any atom is 0.246 e. The average Bonchev–Trinajstić information content (AvgIpc) is 3.18. The van der Waals surface area contributed by atoms with E-state index in [1.807, 2.05) is 41.3 Å². The molecule has 2 aliphatic heterocycles. The Morgan fingerprint density at radius 3 is 2.56 bits per heavy atom. The van der Waals surface area contributed by atoms with E-state index in [9.17, 15) is 9.59 Å². The Bertz CT molecular complexity index is 651. The Hall–Kier alpha value is -2.14. The summed E-state index contributed by atoms with van der Waals surface area (Å²) in [5.74, 6) is 0.218. The molecule has 5 nitrogen and oxygen atoms in total. The highest BCUT2D eigenvalue weighted by Crippen LogP contribution is 2.19. The molecule has 27 heavy (non-hydrogen) atoms. The summed E-state index contributed by atoms with van der Waals surface area (Å²) in [6, 6.07) is 10.3. The lowest BCUT2D eigenvalue weighted by atomic mass is 9.95. The average molecular weight is 370 g/mol. The molecule has 5 heteroatoms. The minimum Gasteiger partial charge on any atom is -0.354 e. The Kier molecular flexibility index (Phi) is 7.04. The molecule has 2 amide bonds. The number of carbonyl (C=O) groups is 2. The van der Waals surface area contributed by atoms with Crippen LogP contribution in [0, 0.1) is 5.92 Å². The molecule has 0 spiro atoms. The van der Waals surface area contributed by atoms with E-state index in [1.54, 1.807) is 6.08 Å². The second-order valence-electron chi connectivity index (χ2n) is 7.51. The van der Waals surface area contributed by atoms with Crippen LogP contribution in [0.1, 0.15) is 38.2 Å². The van der Waals surface area contributed by atoms with Crippen molar-refractivity contribution in [2.75, 3.05) is 32.7 Å². The molecule has 1 aromatic carbocycles. The molecule has 2 saturated heterocycles. The van der Waals surface area contributed by atoms with Crippen LogP contribution in [0.4, 0.5) is 0 Å². The number of hydrogen-bond donors (Lipinski definition) is 1. The van der Waals surface area contributed by atoms with E-state index >= 15 is 0 Å². The van der Waals surface area contributed by atoms with E-state index in [1.165, 1.54) is 12.8 Å². The fourth-order valence-corrected chi connectivity index (χ4v) is 4.10. The second-order valence-corrected chi connectivity index (χ2v) is 7.51. The highest BCUT2D eigenvalue weighted by atomic mass is 16.2. The lowest BCUT2D eigenvalue weighted by Crippen LogP contribution is -2.45. The van der Waals surface area contributed by atoms with Crippen LogP contribution in [0.25, 0.3) is 6.08 Å². The predicted octanol–water partition coefficient (Wildman–Crippen LogP) is 2.54. The summed E-state index contributed by atoms with van der Waals surface area (Å²) in [4.78, 5) is 29.1. The van der Waals surface area contributed by atoms with E-state index in [-0.39, 0.29) is 17.7 Å². The Balaban J connectivity index is 1.41. The summed E-state index contributed by atoms with van der Waals surface area (Å²) in [5, 5.41) is 3.15. The summed E-state index contributed by atoms with van der Waals surface area (Å²) in [6.07, 6.45) is 7.38. The molecule has 1 unspecified atom stereocenters. The monoisotopic (exact) mass is 369 g/mol. The zero-order chi connectivity index (χ0) is 19.1. The van der Waals surface area contributed by atoms with Gasteiger partial charge in [0.05, 0.1) is 0 Å². The molecule has 1 atom stereocenters. The first-order valence-corrected chi connectivity index (χ1v) is 10.2. The first-order chi connectivity index (χ1) is 13.2. The van der Waals surface area contributed by atoms with Gasteiger partial charge in [-0.3, -0.25) is 14.5 Å². The second kappa shape index (κ2) is 9.70. The number of likely N-dealkylation sites (tertiary alicyclic amines) is 2. The van der Waals surface area contributed by atoms with Crippen molar-refractivity contribution in [1.82, 2.24) is 15.1 Å². The Morgan fingerprint density at radius 1 is 1.11 bits per heavy atom. The molecule has 3 rings (SSSR count). The van der Waals surface area contributed by atoms with Crippen LogP contribution >= 0.6 is 0 Å². The van der Waals surface area contributed by atoms with Crippen molar-refractivity contribution in [3.8, 4) is 0 Å². The largest absolute Gasteiger partial charge is 0.354 e. The van der Waals surface area contributed by atoms with Gasteiger partial charge >= 0.3 is 0 Å². The quantitative estimate of drug-likeness (QED) is 0.784. The minimum absolute atomic E-state index is 0.0299. The van der Waals surface area contributed by atoms with E-state index in [4.69, 9.17) is 0 Å². The lowest BCUT2D eigenvalue weighted by molar-refractivity contribution is -0.132. The van der Waals surface area contributed by atoms with Gasteiger partial charge in [0.25, 0.3) is 0 Å². The van der Waals surface area contributed by atoms with Crippen LogP contribution < -0.4 is 5.32 Å². The number of benzene rings is 1. The SMILES string of the molecule is CCN1CCCC1CNC(=O)C1CCN(C(=O)/C=C/c2ccccc2)CC1. The van der Waals surface area contributed by atoms with Gasteiger partial charge in [-0.15, -0.1) is 0 Å². The highest BCUT2D eigenvalue weighted by Gasteiger charge is 2.28. The van der Waals surface area contributed by atoms with Gasteiger partial charge < -0.3 is 10.2 Å². The third kappa shape index (κ3) is 5.42. The maximum atomic E-state index is 12.5. The number of nitrogens with zero attached hydrogens (tertiary/aromatic N) is 2. The van der Waals surface area contributed by atoms with Crippen LogP contribution in [-0.4, -0.2) is 60.4 Å². The normalized spacial score (nSPS) is 21.7. The van der Waals surface area contributed by atoms with Crippen molar-refractivity contribution in [3.05, 3.63) is 42.0 Å². The van der Waals surface area contributed by atoms with Gasteiger partial charge in [-0.1, -0.05) is 37.3 Å². The number of carbonyl (C=O) groups excluding carboxylic acids is 2. The molecule has 0 aliphatic carbocycles. The molecular weight excluding hydrogens is 338 g/mol. The molecule has 146 valence electrons. The molecule has 2 aliphatic rings. The molecular formula is C22H31N3O2. The smallest absolute Gasteiger partial charge is 0.246 e. The molecule has 0 saturated carbocycles. The number of nitrogens with one attached hydrogen (secondary N) is 1. The third-order valence-electron chi connectivity index (χ3n) is 5.81. The van der Waals surface area contributed by atoms with Gasteiger partial charge in [0.15, 0.2) is 0 Å². The summed E-state index contributed by atoms with van der Waals surface area (Å²) in [6.45, 7) is 6.44.